The van der Waals surface area contributed by atoms with Gasteiger partial charge in [0, 0.05) is 19.6 Å². The molecular formula is C9H19NO2. The fourth-order valence-electron chi connectivity index (χ4n) is 1.79. The first-order chi connectivity index (χ1) is 5.67. The van der Waals surface area contributed by atoms with Gasteiger partial charge in [0.2, 0.25) is 0 Å². The van der Waals surface area contributed by atoms with Crippen molar-refractivity contribution in [2.45, 2.75) is 25.4 Å². The Hall–Kier alpha value is -0.120. The Morgan fingerprint density at radius 3 is 2.92 bits per heavy atom. The van der Waals surface area contributed by atoms with Crippen LogP contribution in [-0.4, -0.2) is 37.5 Å². The minimum atomic E-state index is -0.665. The Morgan fingerprint density at radius 2 is 2.42 bits per heavy atom. The summed E-state index contributed by atoms with van der Waals surface area (Å²) in [5, 5.41) is 13.3. The minimum Gasteiger partial charge on any atom is -0.387 e. The molecule has 72 valence electrons. The van der Waals surface area contributed by atoms with Crippen molar-refractivity contribution < 1.29 is 9.84 Å². The van der Waals surface area contributed by atoms with Gasteiger partial charge in [0.1, 0.15) is 0 Å². The highest BCUT2D eigenvalue weighted by Gasteiger charge is 2.32. The molecule has 1 aliphatic heterocycles. The van der Waals surface area contributed by atoms with Crippen LogP contribution in [0.4, 0.5) is 0 Å². The zero-order valence-electron chi connectivity index (χ0n) is 7.97. The van der Waals surface area contributed by atoms with Gasteiger partial charge in [-0.1, -0.05) is 0 Å². The lowest BCUT2D eigenvalue weighted by atomic mass is 9.84. The van der Waals surface area contributed by atoms with E-state index in [1.807, 2.05) is 6.92 Å². The molecule has 0 bridgehead atoms. The van der Waals surface area contributed by atoms with E-state index in [0.717, 1.165) is 25.9 Å². The smallest absolute Gasteiger partial charge is 0.0892 e. The van der Waals surface area contributed by atoms with Crippen LogP contribution in [0.5, 0.6) is 0 Å². The van der Waals surface area contributed by atoms with Crippen LogP contribution in [-0.2, 0) is 4.74 Å². The van der Waals surface area contributed by atoms with Gasteiger partial charge < -0.3 is 15.2 Å². The number of hydrogen-bond acceptors (Lipinski definition) is 3. The van der Waals surface area contributed by atoms with Crippen molar-refractivity contribution in [2.24, 2.45) is 5.92 Å². The van der Waals surface area contributed by atoms with Crippen molar-refractivity contribution in [3.8, 4) is 0 Å². The maximum atomic E-state index is 9.97. The lowest BCUT2D eigenvalue weighted by molar-refractivity contribution is -0.0656. The largest absolute Gasteiger partial charge is 0.387 e. The van der Waals surface area contributed by atoms with E-state index in [1.54, 1.807) is 7.11 Å². The van der Waals surface area contributed by atoms with Gasteiger partial charge in [-0.25, -0.2) is 0 Å². The van der Waals surface area contributed by atoms with Gasteiger partial charge in [-0.3, -0.25) is 0 Å². The topological polar surface area (TPSA) is 41.5 Å². The Balaban J connectivity index is 2.41. The van der Waals surface area contributed by atoms with Gasteiger partial charge >= 0.3 is 0 Å². The second kappa shape index (κ2) is 4.21. The maximum Gasteiger partial charge on any atom is 0.0892 e. The average molecular weight is 173 g/mol. The highest BCUT2D eigenvalue weighted by atomic mass is 16.5. The van der Waals surface area contributed by atoms with Gasteiger partial charge in [0.15, 0.2) is 0 Å². The first-order valence-electron chi connectivity index (χ1n) is 4.59. The summed E-state index contributed by atoms with van der Waals surface area (Å²) < 4.78 is 4.98. The van der Waals surface area contributed by atoms with Crippen molar-refractivity contribution in [3.05, 3.63) is 0 Å². The number of ether oxygens (including phenoxy) is 1. The van der Waals surface area contributed by atoms with Crippen LogP contribution >= 0.6 is 0 Å². The van der Waals surface area contributed by atoms with E-state index >= 15 is 0 Å². The first kappa shape index (κ1) is 9.96. The molecule has 1 aliphatic rings. The van der Waals surface area contributed by atoms with E-state index < -0.39 is 5.60 Å². The molecule has 0 aromatic heterocycles. The number of rotatable bonds is 3. The van der Waals surface area contributed by atoms with Crippen molar-refractivity contribution in [2.75, 3.05) is 26.8 Å². The highest BCUT2D eigenvalue weighted by molar-refractivity contribution is 4.85. The van der Waals surface area contributed by atoms with Crippen LogP contribution in [0.3, 0.4) is 0 Å². The van der Waals surface area contributed by atoms with E-state index in [4.69, 9.17) is 4.74 Å². The number of piperidine rings is 1. The summed E-state index contributed by atoms with van der Waals surface area (Å²) in [7, 11) is 1.63. The van der Waals surface area contributed by atoms with Crippen LogP contribution < -0.4 is 5.32 Å². The molecule has 2 unspecified atom stereocenters. The summed E-state index contributed by atoms with van der Waals surface area (Å²) in [5.74, 6) is 0.339. The zero-order chi connectivity index (χ0) is 9.03. The van der Waals surface area contributed by atoms with E-state index in [1.165, 1.54) is 0 Å². The molecule has 3 heteroatoms. The molecule has 0 amide bonds. The summed E-state index contributed by atoms with van der Waals surface area (Å²) in [6.45, 7) is 4.28. The summed E-state index contributed by atoms with van der Waals surface area (Å²) in [6, 6.07) is 0. The Bertz CT molecular complexity index is 130. The lowest BCUT2D eigenvalue weighted by Crippen LogP contribution is -2.46. The molecule has 2 N–H and O–H groups in total. The van der Waals surface area contributed by atoms with Crippen LogP contribution in [0.15, 0.2) is 0 Å². The van der Waals surface area contributed by atoms with E-state index in [9.17, 15) is 5.11 Å². The number of methoxy groups -OCH3 is 1. The van der Waals surface area contributed by atoms with Gasteiger partial charge in [-0.2, -0.15) is 0 Å². The standard InChI is InChI=1S/C9H19NO2/c1-9(11,7-12-2)8-4-3-5-10-6-8/h8,10-11H,3-7H2,1-2H3. The highest BCUT2D eigenvalue weighted by Crippen LogP contribution is 2.23. The van der Waals surface area contributed by atoms with Crippen molar-refractivity contribution in [1.29, 1.82) is 0 Å². The fraction of sp³-hybridized carbons (Fsp3) is 1.00. The van der Waals surface area contributed by atoms with Crippen LogP contribution in [0.25, 0.3) is 0 Å². The number of hydrogen-bond donors (Lipinski definition) is 2. The molecule has 1 fully saturated rings. The third kappa shape index (κ3) is 2.44. The summed E-state index contributed by atoms with van der Waals surface area (Å²) in [4.78, 5) is 0. The van der Waals surface area contributed by atoms with Crippen LogP contribution in [0.2, 0.25) is 0 Å². The Morgan fingerprint density at radius 1 is 1.67 bits per heavy atom. The van der Waals surface area contributed by atoms with E-state index in [2.05, 4.69) is 5.32 Å². The van der Waals surface area contributed by atoms with Crippen molar-refractivity contribution >= 4 is 0 Å². The van der Waals surface area contributed by atoms with Gasteiger partial charge in [-0.05, 0) is 26.3 Å². The van der Waals surface area contributed by atoms with E-state index in [0.29, 0.717) is 12.5 Å². The molecule has 1 rings (SSSR count). The summed E-state index contributed by atoms with van der Waals surface area (Å²) in [6.07, 6.45) is 2.26. The molecule has 0 aromatic carbocycles. The quantitative estimate of drug-likeness (QED) is 0.648. The second-order valence-electron chi connectivity index (χ2n) is 3.83. The second-order valence-corrected chi connectivity index (χ2v) is 3.83. The van der Waals surface area contributed by atoms with Crippen molar-refractivity contribution in [3.63, 3.8) is 0 Å². The fourth-order valence-corrected chi connectivity index (χ4v) is 1.79. The molecule has 2 atom stereocenters. The normalized spacial score (nSPS) is 29.8. The molecule has 3 nitrogen and oxygen atoms in total. The minimum absolute atomic E-state index is 0.339. The Labute approximate surface area is 74.1 Å². The molecule has 12 heavy (non-hydrogen) atoms. The SMILES string of the molecule is COCC(C)(O)C1CCCNC1. The summed E-state index contributed by atoms with van der Waals surface area (Å²) in [5.41, 5.74) is -0.665. The van der Waals surface area contributed by atoms with Gasteiger partial charge in [0.05, 0.1) is 12.2 Å². The number of aliphatic hydroxyl groups is 1. The molecule has 1 heterocycles. The van der Waals surface area contributed by atoms with Crippen LogP contribution in [0, 0.1) is 5.92 Å². The first-order valence-corrected chi connectivity index (χ1v) is 4.59. The van der Waals surface area contributed by atoms with Crippen molar-refractivity contribution in [1.82, 2.24) is 5.32 Å². The van der Waals surface area contributed by atoms with Gasteiger partial charge in [0.25, 0.3) is 0 Å². The maximum absolute atomic E-state index is 9.97. The summed E-state index contributed by atoms with van der Waals surface area (Å²) >= 11 is 0. The third-order valence-corrected chi connectivity index (χ3v) is 2.61. The molecule has 0 aliphatic carbocycles. The third-order valence-electron chi connectivity index (χ3n) is 2.61. The molecule has 0 spiro atoms. The molecular weight excluding hydrogens is 154 g/mol. The Kier molecular flexibility index (Phi) is 3.50. The zero-order valence-corrected chi connectivity index (χ0v) is 7.97. The average Bonchev–Trinajstić information content (AvgIpc) is 2.06. The molecule has 0 saturated carbocycles. The number of nitrogens with one attached hydrogen (secondary N) is 1. The molecule has 0 aromatic rings. The predicted molar refractivity (Wildman–Crippen MR) is 48.1 cm³/mol. The lowest BCUT2D eigenvalue weighted by Gasteiger charge is -2.35. The predicted octanol–water partition coefficient (Wildman–Crippen LogP) is 0.383. The monoisotopic (exact) mass is 173 g/mol. The van der Waals surface area contributed by atoms with Crippen LogP contribution in [0.1, 0.15) is 19.8 Å². The molecule has 1 saturated heterocycles. The van der Waals surface area contributed by atoms with E-state index in [-0.39, 0.29) is 0 Å². The molecule has 0 radical (unpaired) electrons. The van der Waals surface area contributed by atoms with Gasteiger partial charge in [-0.15, -0.1) is 0 Å².